The molecule has 1 aliphatic heterocycles. The highest BCUT2D eigenvalue weighted by molar-refractivity contribution is 5.27. The number of nitrogens with one attached hydrogen (secondary N) is 1. The SMILES string of the molecule is CCOc1ccc(CN(CC)C2CCNCC2)cc1. The summed E-state index contributed by atoms with van der Waals surface area (Å²) in [5, 5.41) is 3.44. The van der Waals surface area contributed by atoms with Gasteiger partial charge in [0.15, 0.2) is 0 Å². The maximum absolute atomic E-state index is 5.49. The minimum atomic E-state index is 0.732. The van der Waals surface area contributed by atoms with Gasteiger partial charge in [-0.1, -0.05) is 19.1 Å². The van der Waals surface area contributed by atoms with Crippen LogP contribution in [0.1, 0.15) is 32.3 Å². The standard InChI is InChI=1S/C16H26N2O/c1-3-18(15-9-11-17-12-10-15)13-14-5-7-16(8-6-14)19-4-2/h5-8,15,17H,3-4,9-13H2,1-2H3. The van der Waals surface area contributed by atoms with Crippen molar-refractivity contribution in [3.8, 4) is 5.75 Å². The Balaban J connectivity index is 1.93. The van der Waals surface area contributed by atoms with Crippen LogP contribution in [0.25, 0.3) is 0 Å². The first kappa shape index (κ1) is 14.4. The molecule has 19 heavy (non-hydrogen) atoms. The molecule has 1 heterocycles. The smallest absolute Gasteiger partial charge is 0.119 e. The number of rotatable bonds is 6. The minimum absolute atomic E-state index is 0.732. The van der Waals surface area contributed by atoms with Crippen LogP contribution in [0.3, 0.4) is 0 Å². The molecule has 0 aromatic heterocycles. The van der Waals surface area contributed by atoms with Crippen molar-refractivity contribution in [2.75, 3.05) is 26.2 Å². The van der Waals surface area contributed by atoms with E-state index in [1.807, 2.05) is 6.92 Å². The fourth-order valence-electron chi connectivity index (χ4n) is 2.76. The summed E-state index contributed by atoms with van der Waals surface area (Å²) in [4.78, 5) is 2.59. The molecule has 1 N–H and O–H groups in total. The van der Waals surface area contributed by atoms with E-state index in [1.54, 1.807) is 0 Å². The second-order valence-electron chi connectivity index (χ2n) is 5.12. The van der Waals surface area contributed by atoms with Gasteiger partial charge >= 0.3 is 0 Å². The highest BCUT2D eigenvalue weighted by Gasteiger charge is 2.19. The second-order valence-corrected chi connectivity index (χ2v) is 5.12. The van der Waals surface area contributed by atoms with Crippen LogP contribution >= 0.6 is 0 Å². The minimum Gasteiger partial charge on any atom is -0.494 e. The van der Waals surface area contributed by atoms with Gasteiger partial charge in [0.1, 0.15) is 5.75 Å². The summed E-state index contributed by atoms with van der Waals surface area (Å²) in [6.07, 6.45) is 2.54. The van der Waals surface area contributed by atoms with Gasteiger partial charge in [0.25, 0.3) is 0 Å². The van der Waals surface area contributed by atoms with Crippen molar-refractivity contribution in [1.82, 2.24) is 10.2 Å². The van der Waals surface area contributed by atoms with Crippen molar-refractivity contribution in [2.45, 2.75) is 39.3 Å². The molecule has 1 fully saturated rings. The van der Waals surface area contributed by atoms with Crippen molar-refractivity contribution in [3.05, 3.63) is 29.8 Å². The Bertz CT molecular complexity index is 358. The van der Waals surface area contributed by atoms with Gasteiger partial charge in [0, 0.05) is 12.6 Å². The summed E-state index contributed by atoms with van der Waals surface area (Å²) in [5.74, 6) is 0.969. The molecule has 3 heteroatoms. The average Bonchev–Trinajstić information content (AvgIpc) is 2.48. The molecular formula is C16H26N2O. The molecule has 0 unspecified atom stereocenters. The van der Waals surface area contributed by atoms with Crippen molar-refractivity contribution in [3.63, 3.8) is 0 Å². The van der Waals surface area contributed by atoms with Crippen LogP contribution in [-0.2, 0) is 6.54 Å². The number of nitrogens with zero attached hydrogens (tertiary/aromatic N) is 1. The Morgan fingerprint density at radius 1 is 1.16 bits per heavy atom. The normalized spacial score (nSPS) is 16.8. The van der Waals surface area contributed by atoms with E-state index in [4.69, 9.17) is 4.74 Å². The molecule has 0 radical (unpaired) electrons. The van der Waals surface area contributed by atoms with E-state index < -0.39 is 0 Å². The van der Waals surface area contributed by atoms with E-state index in [2.05, 4.69) is 41.4 Å². The summed E-state index contributed by atoms with van der Waals surface area (Å²) >= 11 is 0. The summed E-state index contributed by atoms with van der Waals surface area (Å²) < 4.78 is 5.49. The van der Waals surface area contributed by atoms with Gasteiger partial charge < -0.3 is 10.1 Å². The molecule has 3 nitrogen and oxygen atoms in total. The van der Waals surface area contributed by atoms with Gasteiger partial charge in [-0.05, 0) is 57.1 Å². The lowest BCUT2D eigenvalue weighted by molar-refractivity contribution is 0.162. The maximum atomic E-state index is 5.49. The molecule has 1 aromatic carbocycles. The third-order valence-corrected chi connectivity index (χ3v) is 3.85. The lowest BCUT2D eigenvalue weighted by Crippen LogP contribution is -2.42. The van der Waals surface area contributed by atoms with Gasteiger partial charge in [-0.2, -0.15) is 0 Å². The lowest BCUT2D eigenvalue weighted by Gasteiger charge is -2.33. The Kier molecular flexibility index (Phi) is 5.67. The highest BCUT2D eigenvalue weighted by Crippen LogP contribution is 2.17. The molecular weight excluding hydrogens is 236 g/mol. The van der Waals surface area contributed by atoms with Crippen LogP contribution in [0.4, 0.5) is 0 Å². The zero-order valence-corrected chi connectivity index (χ0v) is 12.2. The Labute approximate surface area is 116 Å². The van der Waals surface area contributed by atoms with Gasteiger partial charge in [-0.3, -0.25) is 4.90 Å². The zero-order valence-electron chi connectivity index (χ0n) is 12.2. The molecule has 1 aliphatic rings. The van der Waals surface area contributed by atoms with Crippen LogP contribution in [0.15, 0.2) is 24.3 Å². The van der Waals surface area contributed by atoms with Crippen LogP contribution in [0, 0.1) is 0 Å². The van der Waals surface area contributed by atoms with Gasteiger partial charge in [0.2, 0.25) is 0 Å². The van der Waals surface area contributed by atoms with Crippen molar-refractivity contribution in [1.29, 1.82) is 0 Å². The molecule has 0 saturated carbocycles. The predicted octanol–water partition coefficient (Wildman–Crippen LogP) is 2.66. The van der Waals surface area contributed by atoms with Gasteiger partial charge in [0.05, 0.1) is 6.61 Å². The van der Waals surface area contributed by atoms with Gasteiger partial charge in [-0.25, -0.2) is 0 Å². The molecule has 0 atom stereocenters. The third kappa shape index (κ3) is 4.22. The van der Waals surface area contributed by atoms with E-state index in [9.17, 15) is 0 Å². The second kappa shape index (κ2) is 7.51. The van der Waals surface area contributed by atoms with E-state index >= 15 is 0 Å². The van der Waals surface area contributed by atoms with Crippen molar-refractivity contribution < 1.29 is 4.74 Å². The van der Waals surface area contributed by atoms with E-state index in [1.165, 1.54) is 18.4 Å². The fraction of sp³-hybridized carbons (Fsp3) is 0.625. The monoisotopic (exact) mass is 262 g/mol. The predicted molar refractivity (Wildman–Crippen MR) is 79.6 cm³/mol. The molecule has 0 amide bonds. The summed E-state index contributed by atoms with van der Waals surface area (Å²) in [7, 11) is 0. The maximum Gasteiger partial charge on any atom is 0.119 e. The van der Waals surface area contributed by atoms with E-state index in [0.29, 0.717) is 0 Å². The summed E-state index contributed by atoms with van der Waals surface area (Å²) in [6, 6.07) is 9.27. The largest absolute Gasteiger partial charge is 0.494 e. The Hall–Kier alpha value is -1.06. The lowest BCUT2D eigenvalue weighted by atomic mass is 10.0. The van der Waals surface area contributed by atoms with Crippen molar-refractivity contribution >= 4 is 0 Å². The molecule has 1 saturated heterocycles. The number of hydrogen-bond acceptors (Lipinski definition) is 3. The summed E-state index contributed by atoms with van der Waals surface area (Å²) in [5.41, 5.74) is 1.38. The quantitative estimate of drug-likeness (QED) is 0.853. The Morgan fingerprint density at radius 2 is 1.84 bits per heavy atom. The van der Waals surface area contributed by atoms with E-state index in [-0.39, 0.29) is 0 Å². The molecule has 2 rings (SSSR count). The average molecular weight is 262 g/mol. The third-order valence-electron chi connectivity index (χ3n) is 3.85. The molecule has 0 bridgehead atoms. The zero-order chi connectivity index (χ0) is 13.5. The van der Waals surface area contributed by atoms with Crippen LogP contribution in [-0.4, -0.2) is 37.2 Å². The van der Waals surface area contributed by atoms with Crippen LogP contribution in [0.2, 0.25) is 0 Å². The number of piperidine rings is 1. The van der Waals surface area contributed by atoms with Crippen LogP contribution in [0.5, 0.6) is 5.75 Å². The first-order valence-electron chi connectivity index (χ1n) is 7.50. The van der Waals surface area contributed by atoms with Gasteiger partial charge in [-0.15, -0.1) is 0 Å². The number of benzene rings is 1. The van der Waals surface area contributed by atoms with Crippen molar-refractivity contribution in [2.24, 2.45) is 0 Å². The summed E-state index contributed by atoms with van der Waals surface area (Å²) in [6.45, 7) is 9.50. The molecule has 0 spiro atoms. The first-order chi connectivity index (χ1) is 9.33. The Morgan fingerprint density at radius 3 is 2.42 bits per heavy atom. The molecule has 0 aliphatic carbocycles. The number of ether oxygens (including phenoxy) is 1. The van der Waals surface area contributed by atoms with Crippen LogP contribution < -0.4 is 10.1 Å². The fourth-order valence-corrected chi connectivity index (χ4v) is 2.76. The molecule has 106 valence electrons. The number of hydrogen-bond donors (Lipinski definition) is 1. The molecule has 1 aromatic rings. The van der Waals surface area contributed by atoms with E-state index in [0.717, 1.165) is 44.6 Å². The first-order valence-corrected chi connectivity index (χ1v) is 7.50. The highest BCUT2D eigenvalue weighted by atomic mass is 16.5. The topological polar surface area (TPSA) is 24.5 Å².